The van der Waals surface area contributed by atoms with Crippen LogP contribution in [-0.2, 0) is 5.41 Å². The van der Waals surface area contributed by atoms with Crippen LogP contribution in [0, 0.1) is 5.92 Å². The van der Waals surface area contributed by atoms with Gasteiger partial charge in [0.15, 0.2) is 11.5 Å². The predicted molar refractivity (Wildman–Crippen MR) is 249 cm³/mol. The van der Waals surface area contributed by atoms with Crippen molar-refractivity contribution in [3.8, 4) is 16.9 Å². The number of hydrogen-bond acceptors (Lipinski definition) is 4. The molecule has 4 heteroatoms. The SMILES string of the molecule is CC1CC2=C(Oc3ccccc3N2c2cc(-c3ccc4ccccc4c3)c3ccccc3n2)C2=C1C1(c3ccccc32)c2ccccc2N(c2ccccc2)c2ccccc21. The van der Waals surface area contributed by atoms with Crippen molar-refractivity contribution in [3.05, 3.63) is 239 Å². The lowest BCUT2D eigenvalue weighted by molar-refractivity contribution is 0.413. The van der Waals surface area contributed by atoms with E-state index in [-0.39, 0.29) is 5.92 Å². The van der Waals surface area contributed by atoms with Gasteiger partial charge in [-0.2, -0.15) is 0 Å². The van der Waals surface area contributed by atoms with Gasteiger partial charge in [0.25, 0.3) is 0 Å². The maximum Gasteiger partial charge on any atom is 0.155 e. The molecule has 0 saturated carbocycles. The standard InChI is InChI=1S/C57H39N3O/c1-36-33-51-56(61-52-30-16-15-29-50(52)60(51)53-35-43(41-21-8-12-26-47(41)58-53)39-32-31-37-17-5-6-18-38(37)34-39)54-42-22-7-9-23-44(42)57(55(36)54)45-24-10-13-27-48(45)59(40-19-3-2-4-20-40)49-28-14-11-25-46(49)57/h2-32,34-36H,33H2,1H3. The van der Waals surface area contributed by atoms with Crippen molar-refractivity contribution in [1.82, 2.24) is 4.98 Å². The molecule has 2 aliphatic carbocycles. The predicted octanol–water partition coefficient (Wildman–Crippen LogP) is 14.4. The fourth-order valence-electron chi connectivity index (χ4n) is 11.1. The molecule has 1 aromatic heterocycles. The molecule has 288 valence electrons. The number of nitrogens with zero attached hydrogens (tertiary/aromatic N) is 3. The molecular formula is C57H39N3O. The van der Waals surface area contributed by atoms with Gasteiger partial charge in [-0.05, 0) is 117 Å². The van der Waals surface area contributed by atoms with Crippen LogP contribution in [0.3, 0.4) is 0 Å². The number of anilines is 5. The first kappa shape index (κ1) is 34.2. The van der Waals surface area contributed by atoms with Crippen molar-refractivity contribution in [2.45, 2.75) is 18.8 Å². The number of pyridine rings is 1. The molecule has 0 bridgehead atoms. The van der Waals surface area contributed by atoms with Gasteiger partial charge in [0.2, 0.25) is 0 Å². The fraction of sp³-hybridized carbons (Fsp3) is 0.0702. The zero-order valence-corrected chi connectivity index (χ0v) is 33.6. The van der Waals surface area contributed by atoms with E-state index in [1.54, 1.807) is 0 Å². The summed E-state index contributed by atoms with van der Waals surface area (Å²) < 4.78 is 7.30. The van der Waals surface area contributed by atoms with Gasteiger partial charge in [-0.3, -0.25) is 4.90 Å². The number of para-hydroxylation sites is 6. The van der Waals surface area contributed by atoms with Crippen LogP contribution in [0.1, 0.15) is 35.6 Å². The topological polar surface area (TPSA) is 28.6 Å². The molecule has 0 amide bonds. The lowest BCUT2D eigenvalue weighted by atomic mass is 9.60. The Kier molecular flexibility index (Phi) is 7.23. The summed E-state index contributed by atoms with van der Waals surface area (Å²) in [5.74, 6) is 2.76. The second kappa shape index (κ2) is 12.9. The average molecular weight is 782 g/mol. The zero-order valence-electron chi connectivity index (χ0n) is 33.6. The Labute approximate surface area is 355 Å². The number of ether oxygens (including phenoxy) is 1. The Morgan fingerprint density at radius 3 is 1.98 bits per heavy atom. The first-order valence-corrected chi connectivity index (χ1v) is 21.3. The number of rotatable bonds is 3. The molecule has 0 fully saturated rings. The minimum atomic E-state index is -0.544. The van der Waals surface area contributed by atoms with E-state index in [4.69, 9.17) is 9.72 Å². The summed E-state index contributed by atoms with van der Waals surface area (Å²) in [5, 5.41) is 3.58. The maximum atomic E-state index is 7.30. The molecule has 1 atom stereocenters. The summed E-state index contributed by atoms with van der Waals surface area (Å²) >= 11 is 0. The fourth-order valence-corrected chi connectivity index (χ4v) is 11.1. The zero-order chi connectivity index (χ0) is 40.2. The third kappa shape index (κ3) is 4.73. The summed E-state index contributed by atoms with van der Waals surface area (Å²) in [4.78, 5) is 10.3. The van der Waals surface area contributed by atoms with E-state index in [0.717, 1.165) is 57.3 Å². The highest BCUT2D eigenvalue weighted by Crippen LogP contribution is 2.67. The molecule has 0 saturated heterocycles. The van der Waals surface area contributed by atoms with Crippen LogP contribution >= 0.6 is 0 Å². The highest BCUT2D eigenvalue weighted by Gasteiger charge is 2.57. The Balaban J connectivity index is 1.08. The highest BCUT2D eigenvalue weighted by atomic mass is 16.5. The molecule has 9 aromatic rings. The van der Waals surface area contributed by atoms with Gasteiger partial charge in [0, 0.05) is 16.6 Å². The van der Waals surface area contributed by atoms with E-state index in [2.05, 4.69) is 217 Å². The van der Waals surface area contributed by atoms with Crippen molar-refractivity contribution < 1.29 is 4.74 Å². The number of benzene rings is 8. The van der Waals surface area contributed by atoms with Crippen molar-refractivity contribution in [1.29, 1.82) is 0 Å². The van der Waals surface area contributed by atoms with Gasteiger partial charge in [0.1, 0.15) is 5.82 Å². The van der Waals surface area contributed by atoms with Gasteiger partial charge < -0.3 is 9.64 Å². The van der Waals surface area contributed by atoms with Crippen LogP contribution in [0.4, 0.5) is 28.6 Å². The van der Waals surface area contributed by atoms with E-state index in [1.165, 1.54) is 61.1 Å². The van der Waals surface area contributed by atoms with Gasteiger partial charge in [-0.15, -0.1) is 0 Å². The third-order valence-corrected chi connectivity index (χ3v) is 13.4. The Bertz CT molecular complexity index is 3310. The minimum absolute atomic E-state index is 0.141. The largest absolute Gasteiger partial charge is 0.453 e. The van der Waals surface area contributed by atoms with E-state index in [9.17, 15) is 0 Å². The van der Waals surface area contributed by atoms with Crippen LogP contribution in [-0.4, -0.2) is 4.98 Å². The van der Waals surface area contributed by atoms with Crippen molar-refractivity contribution in [2.75, 3.05) is 9.80 Å². The van der Waals surface area contributed by atoms with Crippen LogP contribution in [0.15, 0.2) is 217 Å². The maximum absolute atomic E-state index is 7.30. The van der Waals surface area contributed by atoms with E-state index >= 15 is 0 Å². The van der Waals surface area contributed by atoms with Gasteiger partial charge >= 0.3 is 0 Å². The molecule has 2 aliphatic heterocycles. The van der Waals surface area contributed by atoms with Crippen LogP contribution in [0.25, 0.3) is 38.4 Å². The van der Waals surface area contributed by atoms with Gasteiger partial charge in [-0.1, -0.05) is 153 Å². The summed E-state index contributed by atoms with van der Waals surface area (Å²) in [6.07, 6.45) is 0.769. The molecule has 8 aromatic carbocycles. The van der Waals surface area contributed by atoms with E-state index in [1.807, 2.05) is 0 Å². The lowest BCUT2D eigenvalue weighted by Crippen LogP contribution is -2.40. The minimum Gasteiger partial charge on any atom is -0.453 e. The van der Waals surface area contributed by atoms with Gasteiger partial charge in [0.05, 0.1) is 33.7 Å². The normalized spacial score (nSPS) is 16.8. The molecule has 0 N–H and O–H groups in total. The summed E-state index contributed by atoms with van der Waals surface area (Å²) in [6, 6.07) is 72.7. The molecule has 1 spiro atoms. The first-order valence-electron chi connectivity index (χ1n) is 21.3. The third-order valence-electron chi connectivity index (χ3n) is 13.4. The second-order valence-electron chi connectivity index (χ2n) is 16.7. The highest BCUT2D eigenvalue weighted by molar-refractivity contribution is 6.02. The Morgan fingerprint density at radius 1 is 0.541 bits per heavy atom. The quantitative estimate of drug-likeness (QED) is 0.178. The molecule has 0 radical (unpaired) electrons. The van der Waals surface area contributed by atoms with Crippen molar-refractivity contribution in [2.24, 2.45) is 5.92 Å². The number of allylic oxidation sites excluding steroid dienone is 3. The van der Waals surface area contributed by atoms with Crippen LogP contribution in [0.2, 0.25) is 0 Å². The Morgan fingerprint density at radius 2 is 1.18 bits per heavy atom. The van der Waals surface area contributed by atoms with Gasteiger partial charge in [-0.25, -0.2) is 4.98 Å². The summed E-state index contributed by atoms with van der Waals surface area (Å²) in [7, 11) is 0. The van der Waals surface area contributed by atoms with Crippen molar-refractivity contribution >= 4 is 55.8 Å². The molecule has 3 heterocycles. The van der Waals surface area contributed by atoms with Crippen LogP contribution in [0.5, 0.6) is 5.75 Å². The lowest BCUT2D eigenvalue weighted by Gasteiger charge is -2.48. The number of hydrogen-bond donors (Lipinski definition) is 0. The molecule has 61 heavy (non-hydrogen) atoms. The molecule has 4 aliphatic rings. The van der Waals surface area contributed by atoms with Crippen molar-refractivity contribution in [3.63, 3.8) is 0 Å². The van der Waals surface area contributed by atoms with E-state index < -0.39 is 5.41 Å². The molecule has 13 rings (SSSR count). The Hall–Kier alpha value is -7.69. The van der Waals surface area contributed by atoms with E-state index in [0.29, 0.717) is 0 Å². The molecule has 4 nitrogen and oxygen atoms in total. The summed E-state index contributed by atoms with van der Waals surface area (Å²) in [5.41, 5.74) is 16.1. The smallest absolute Gasteiger partial charge is 0.155 e. The molecule has 1 unspecified atom stereocenters. The summed E-state index contributed by atoms with van der Waals surface area (Å²) in [6.45, 7) is 2.43. The second-order valence-corrected chi connectivity index (χ2v) is 16.7. The number of aromatic nitrogens is 1. The number of fused-ring (bicyclic) bond motifs is 12. The van der Waals surface area contributed by atoms with Crippen LogP contribution < -0.4 is 14.5 Å². The first-order chi connectivity index (χ1) is 30.2. The molecular weight excluding hydrogens is 743 g/mol. The average Bonchev–Trinajstić information content (AvgIpc) is 3.63. The monoisotopic (exact) mass is 781 g/mol.